The number of halogens is 1. The van der Waals surface area contributed by atoms with Gasteiger partial charge in [-0.1, -0.05) is 28.1 Å². The number of anilines is 1. The van der Waals surface area contributed by atoms with Crippen molar-refractivity contribution < 1.29 is 9.53 Å². The second-order valence-corrected chi connectivity index (χ2v) is 5.28. The van der Waals surface area contributed by atoms with Crippen molar-refractivity contribution in [3.05, 3.63) is 40.0 Å². The van der Waals surface area contributed by atoms with Gasteiger partial charge < -0.3 is 10.5 Å². The van der Waals surface area contributed by atoms with Crippen LogP contribution in [0.2, 0.25) is 0 Å². The van der Waals surface area contributed by atoms with Gasteiger partial charge in [0, 0.05) is 10.9 Å². The van der Waals surface area contributed by atoms with Gasteiger partial charge in [0.15, 0.2) is 0 Å². The number of nitrogen functional groups attached to an aromatic ring is 1. The summed E-state index contributed by atoms with van der Waals surface area (Å²) in [5.41, 5.74) is 7.17. The Labute approximate surface area is 124 Å². The van der Waals surface area contributed by atoms with E-state index in [1.165, 1.54) is 0 Å². The van der Waals surface area contributed by atoms with Gasteiger partial charge in [-0.25, -0.2) is 0 Å². The zero-order chi connectivity index (χ0) is 13.8. The molecule has 7 heteroatoms. The molecule has 0 saturated heterocycles. The molecule has 5 nitrogen and oxygen atoms in total. The maximum Gasteiger partial charge on any atom is 0.293 e. The van der Waals surface area contributed by atoms with Gasteiger partial charge in [0.1, 0.15) is 11.9 Å². The fourth-order valence-corrected chi connectivity index (χ4v) is 2.33. The highest BCUT2D eigenvalue weighted by molar-refractivity contribution is 9.10. The fourth-order valence-electron chi connectivity index (χ4n) is 1.73. The molecule has 2 aromatic rings. The molecule has 0 spiro atoms. The van der Waals surface area contributed by atoms with Crippen molar-refractivity contribution in [1.29, 1.82) is 0 Å². The number of nitrogens with zero attached hydrogens (tertiary/aromatic N) is 1. The van der Waals surface area contributed by atoms with Crippen molar-refractivity contribution in [2.45, 2.75) is 17.4 Å². The van der Waals surface area contributed by atoms with Crippen LogP contribution >= 0.6 is 28.6 Å². The molecule has 3 N–H and O–H groups in total. The number of nitrogens with one attached hydrogen (secondary N) is 1. The van der Waals surface area contributed by atoms with E-state index in [-0.39, 0.29) is 0 Å². The van der Waals surface area contributed by atoms with Crippen LogP contribution in [0.25, 0.3) is 0 Å². The first-order valence-electron chi connectivity index (χ1n) is 5.48. The van der Waals surface area contributed by atoms with Crippen LogP contribution in [0.5, 0.6) is 0 Å². The first kappa shape index (κ1) is 14.0. The third kappa shape index (κ3) is 3.30. The van der Waals surface area contributed by atoms with Crippen LogP contribution in [0.3, 0.4) is 0 Å². The van der Waals surface area contributed by atoms with Gasteiger partial charge in [0.05, 0.1) is 10.6 Å². The SMILES string of the molecule is Nc1[nH]nc(CC(OC=O)c2cccc(Br)c2)c1S. The van der Waals surface area contributed by atoms with E-state index in [0.717, 1.165) is 10.0 Å². The summed E-state index contributed by atoms with van der Waals surface area (Å²) in [4.78, 5) is 11.2. The minimum Gasteiger partial charge on any atom is -0.459 e. The number of ether oxygens (including phenoxy) is 1. The lowest BCUT2D eigenvalue weighted by Gasteiger charge is -2.15. The minimum absolute atomic E-state index is 0.400. The lowest BCUT2D eigenvalue weighted by molar-refractivity contribution is -0.133. The summed E-state index contributed by atoms with van der Waals surface area (Å²) in [7, 11) is 0. The van der Waals surface area contributed by atoms with Gasteiger partial charge in [-0.05, 0) is 17.7 Å². The van der Waals surface area contributed by atoms with Gasteiger partial charge >= 0.3 is 0 Å². The lowest BCUT2D eigenvalue weighted by Crippen LogP contribution is -2.08. The monoisotopic (exact) mass is 341 g/mol. The van der Waals surface area contributed by atoms with Gasteiger partial charge in [0.2, 0.25) is 0 Å². The normalized spacial score (nSPS) is 12.1. The van der Waals surface area contributed by atoms with Gasteiger partial charge in [-0.3, -0.25) is 9.89 Å². The molecular weight excluding hydrogens is 330 g/mol. The molecule has 100 valence electrons. The third-order valence-corrected chi connectivity index (χ3v) is 3.65. The first-order chi connectivity index (χ1) is 9.11. The highest BCUT2D eigenvalue weighted by Crippen LogP contribution is 2.27. The Hall–Kier alpha value is -1.47. The third-order valence-electron chi connectivity index (χ3n) is 2.66. The number of carbonyl (C=O) groups excluding carboxylic acids is 1. The van der Waals surface area contributed by atoms with Gasteiger partial charge in [-0.15, -0.1) is 12.6 Å². The zero-order valence-electron chi connectivity index (χ0n) is 9.84. The number of hydrogen-bond acceptors (Lipinski definition) is 5. The Kier molecular flexibility index (Phi) is 4.49. The quantitative estimate of drug-likeness (QED) is 0.576. The van der Waals surface area contributed by atoms with E-state index >= 15 is 0 Å². The fraction of sp³-hybridized carbons (Fsp3) is 0.167. The summed E-state index contributed by atoms with van der Waals surface area (Å²) >= 11 is 7.65. The number of aromatic amines is 1. The first-order valence-corrected chi connectivity index (χ1v) is 6.72. The Morgan fingerprint density at radius 3 is 2.95 bits per heavy atom. The maximum absolute atomic E-state index is 10.6. The number of aromatic nitrogens is 2. The van der Waals surface area contributed by atoms with E-state index in [4.69, 9.17) is 10.5 Å². The van der Waals surface area contributed by atoms with Crippen molar-refractivity contribution in [3.8, 4) is 0 Å². The largest absolute Gasteiger partial charge is 0.459 e. The Morgan fingerprint density at radius 2 is 2.37 bits per heavy atom. The number of hydrogen-bond donors (Lipinski definition) is 3. The number of benzene rings is 1. The molecule has 2 rings (SSSR count). The molecule has 1 unspecified atom stereocenters. The second-order valence-electron chi connectivity index (χ2n) is 3.91. The van der Waals surface area contributed by atoms with E-state index in [2.05, 4.69) is 38.8 Å². The van der Waals surface area contributed by atoms with Crippen molar-refractivity contribution in [1.82, 2.24) is 10.2 Å². The van der Waals surface area contributed by atoms with Crippen LogP contribution in [0, 0.1) is 0 Å². The predicted octanol–water partition coefficient (Wildman–Crippen LogP) is 2.50. The van der Waals surface area contributed by atoms with Crippen molar-refractivity contribution in [2.75, 3.05) is 5.73 Å². The van der Waals surface area contributed by atoms with E-state index in [0.29, 0.717) is 29.3 Å². The van der Waals surface area contributed by atoms with Crippen molar-refractivity contribution >= 4 is 40.8 Å². The van der Waals surface area contributed by atoms with E-state index in [1.54, 1.807) is 0 Å². The molecule has 1 atom stereocenters. The molecular formula is C12H12BrN3O2S. The second kappa shape index (κ2) is 6.12. The number of nitrogens with two attached hydrogens (primary N) is 1. The van der Waals surface area contributed by atoms with Crippen LogP contribution in [-0.4, -0.2) is 16.7 Å². The summed E-state index contributed by atoms with van der Waals surface area (Å²) in [6.45, 7) is 0.430. The molecule has 0 aliphatic carbocycles. The molecule has 1 heterocycles. The highest BCUT2D eigenvalue weighted by atomic mass is 79.9. The molecule has 0 amide bonds. The predicted molar refractivity (Wildman–Crippen MR) is 78.0 cm³/mol. The number of thiol groups is 1. The summed E-state index contributed by atoms with van der Waals surface area (Å²) in [6.07, 6.45) is -0.0227. The molecule has 0 aliphatic heterocycles. The van der Waals surface area contributed by atoms with E-state index in [1.807, 2.05) is 24.3 Å². The van der Waals surface area contributed by atoms with Crippen LogP contribution in [-0.2, 0) is 16.0 Å². The standard InChI is InChI=1S/C12H12BrN3O2S/c13-8-3-1-2-7(4-8)10(18-6-17)5-9-11(19)12(14)16-15-9/h1-4,6,10,19H,5H2,(H3,14,15,16). The van der Waals surface area contributed by atoms with Gasteiger partial charge in [-0.2, -0.15) is 5.10 Å². The van der Waals surface area contributed by atoms with Crippen molar-refractivity contribution in [2.24, 2.45) is 0 Å². The molecule has 1 aromatic carbocycles. The molecule has 0 saturated carbocycles. The number of rotatable bonds is 5. The molecule has 19 heavy (non-hydrogen) atoms. The van der Waals surface area contributed by atoms with Crippen LogP contribution in [0.4, 0.5) is 5.82 Å². The maximum atomic E-state index is 10.6. The summed E-state index contributed by atoms with van der Waals surface area (Å²) < 4.78 is 6.04. The van der Waals surface area contributed by atoms with Crippen LogP contribution < -0.4 is 5.73 Å². The number of carbonyl (C=O) groups is 1. The van der Waals surface area contributed by atoms with Crippen LogP contribution in [0.1, 0.15) is 17.4 Å². The summed E-state index contributed by atoms with van der Waals surface area (Å²) in [5.74, 6) is 0.400. The Morgan fingerprint density at radius 1 is 1.58 bits per heavy atom. The Balaban J connectivity index is 2.26. The number of H-pyrrole nitrogens is 1. The molecule has 0 aliphatic rings. The smallest absolute Gasteiger partial charge is 0.293 e. The van der Waals surface area contributed by atoms with Crippen LogP contribution in [0.15, 0.2) is 33.6 Å². The lowest BCUT2D eigenvalue weighted by atomic mass is 10.0. The summed E-state index contributed by atoms with van der Waals surface area (Å²) in [6, 6.07) is 7.55. The highest BCUT2D eigenvalue weighted by Gasteiger charge is 2.18. The van der Waals surface area contributed by atoms with E-state index < -0.39 is 6.10 Å². The van der Waals surface area contributed by atoms with Gasteiger partial charge in [0.25, 0.3) is 6.47 Å². The average molecular weight is 342 g/mol. The average Bonchev–Trinajstić information content (AvgIpc) is 2.70. The summed E-state index contributed by atoms with van der Waals surface area (Å²) in [5, 5.41) is 6.70. The molecule has 1 aromatic heterocycles. The van der Waals surface area contributed by atoms with Crippen molar-refractivity contribution in [3.63, 3.8) is 0 Å². The molecule has 0 radical (unpaired) electrons. The zero-order valence-corrected chi connectivity index (χ0v) is 12.3. The minimum atomic E-state index is -0.427. The Bertz CT molecular complexity index is 588. The van der Waals surface area contributed by atoms with E-state index in [9.17, 15) is 4.79 Å². The molecule has 0 bridgehead atoms. The molecule has 0 fully saturated rings. The topological polar surface area (TPSA) is 81.0 Å².